The number of halogens is 1. The van der Waals surface area contributed by atoms with Crippen molar-refractivity contribution in [2.45, 2.75) is 18.3 Å². The van der Waals surface area contributed by atoms with Crippen LogP contribution in [0.2, 0.25) is 5.02 Å². The topological polar surface area (TPSA) is 92.2 Å². The first-order valence-corrected chi connectivity index (χ1v) is 11.7. The van der Waals surface area contributed by atoms with Gasteiger partial charge in [0.15, 0.2) is 5.17 Å². The average Bonchev–Trinajstić information content (AvgIpc) is 3.18. The summed E-state index contributed by atoms with van der Waals surface area (Å²) in [5.74, 6) is 0.236. The molecule has 0 aromatic heterocycles. The van der Waals surface area contributed by atoms with E-state index in [1.54, 1.807) is 18.3 Å². The van der Waals surface area contributed by atoms with Gasteiger partial charge < -0.3 is 15.4 Å². The minimum atomic E-state index is -0.547. The van der Waals surface area contributed by atoms with Crippen LogP contribution in [-0.4, -0.2) is 28.4 Å². The number of nitrogens with zero attached hydrogens (tertiary/aromatic N) is 2. The first-order chi connectivity index (χ1) is 16.5. The van der Waals surface area contributed by atoms with Crippen LogP contribution in [0.3, 0.4) is 0 Å². The van der Waals surface area contributed by atoms with Crippen molar-refractivity contribution in [3.8, 4) is 5.75 Å². The van der Waals surface area contributed by atoms with Crippen LogP contribution < -0.4 is 15.4 Å². The number of para-hydroxylation sites is 1. The molecule has 1 aliphatic heterocycles. The Hall–Kier alpha value is -3.62. The largest absolute Gasteiger partial charge is 0.489 e. The molecular formula is C25H21ClN4O3S. The number of amides is 2. The predicted octanol–water partition coefficient (Wildman–Crippen LogP) is 4.87. The van der Waals surface area contributed by atoms with Crippen LogP contribution in [0.15, 0.2) is 89.1 Å². The van der Waals surface area contributed by atoms with E-state index >= 15 is 0 Å². The fourth-order valence-corrected chi connectivity index (χ4v) is 4.08. The van der Waals surface area contributed by atoms with Crippen molar-refractivity contribution in [3.63, 3.8) is 0 Å². The van der Waals surface area contributed by atoms with Gasteiger partial charge >= 0.3 is 0 Å². The van der Waals surface area contributed by atoms with E-state index < -0.39 is 5.25 Å². The maximum Gasteiger partial charge on any atom is 0.240 e. The number of carbonyl (C=O) groups is 2. The zero-order valence-electron chi connectivity index (χ0n) is 18.0. The Kier molecular flexibility index (Phi) is 7.95. The highest BCUT2D eigenvalue weighted by Crippen LogP contribution is 2.23. The Bertz CT molecular complexity index is 1200. The standard InChI is InChI=1S/C25H21ClN4O3S/c26-19-10-6-18(7-11-19)16-33-21-12-8-17(9-13-21)15-27-30-25-29-24(32)22(34-25)14-23(31)28-20-4-2-1-3-5-20/h1-13,15,22H,14,16H2,(H,28,31)(H,29,30,32)/b27-15-/t22-/m1/s1. The van der Waals surface area contributed by atoms with Crippen molar-refractivity contribution in [1.29, 1.82) is 0 Å². The van der Waals surface area contributed by atoms with E-state index in [4.69, 9.17) is 16.3 Å². The number of ether oxygens (including phenoxy) is 1. The van der Waals surface area contributed by atoms with Gasteiger partial charge in [0, 0.05) is 17.1 Å². The monoisotopic (exact) mass is 492 g/mol. The third-order valence-electron chi connectivity index (χ3n) is 4.76. The van der Waals surface area contributed by atoms with Crippen LogP contribution in [0.25, 0.3) is 0 Å². The third kappa shape index (κ3) is 6.94. The minimum Gasteiger partial charge on any atom is -0.489 e. The summed E-state index contributed by atoms with van der Waals surface area (Å²) in [6.07, 6.45) is 1.63. The maximum atomic E-state index is 12.2. The molecule has 0 aliphatic carbocycles. The van der Waals surface area contributed by atoms with Gasteiger partial charge in [0.2, 0.25) is 11.8 Å². The van der Waals surface area contributed by atoms with Gasteiger partial charge in [-0.1, -0.05) is 53.7 Å². The zero-order chi connectivity index (χ0) is 23.8. The number of anilines is 1. The molecule has 0 saturated carbocycles. The smallest absolute Gasteiger partial charge is 0.240 e. The van der Waals surface area contributed by atoms with Gasteiger partial charge in [-0.3, -0.25) is 9.59 Å². The molecule has 1 saturated heterocycles. The number of amidine groups is 1. The van der Waals surface area contributed by atoms with E-state index in [1.165, 1.54) is 11.8 Å². The third-order valence-corrected chi connectivity index (χ3v) is 6.08. The van der Waals surface area contributed by atoms with E-state index in [-0.39, 0.29) is 18.2 Å². The van der Waals surface area contributed by atoms with Gasteiger partial charge in [-0.05, 0) is 59.7 Å². The van der Waals surface area contributed by atoms with E-state index in [2.05, 4.69) is 20.8 Å². The lowest BCUT2D eigenvalue weighted by Gasteiger charge is -2.06. The first kappa shape index (κ1) is 23.5. The maximum absolute atomic E-state index is 12.2. The number of rotatable bonds is 8. The van der Waals surface area contributed by atoms with Crippen LogP contribution in [0.1, 0.15) is 17.5 Å². The van der Waals surface area contributed by atoms with Gasteiger partial charge in [-0.15, -0.1) is 5.10 Å². The molecule has 34 heavy (non-hydrogen) atoms. The van der Waals surface area contributed by atoms with Gasteiger partial charge in [-0.2, -0.15) is 5.10 Å². The molecule has 0 radical (unpaired) electrons. The number of thioether (sulfide) groups is 1. The summed E-state index contributed by atoms with van der Waals surface area (Å²) in [4.78, 5) is 24.4. The number of hydrogen-bond donors (Lipinski definition) is 2. The molecule has 1 fully saturated rings. The van der Waals surface area contributed by atoms with Gasteiger partial charge in [-0.25, -0.2) is 0 Å². The van der Waals surface area contributed by atoms with Gasteiger partial charge in [0.05, 0.1) is 6.21 Å². The molecule has 1 heterocycles. The molecule has 0 unspecified atom stereocenters. The SMILES string of the molecule is O=C(C[C@H]1S/C(=N\N=C/c2ccc(OCc3ccc(Cl)cc3)cc2)NC1=O)Nc1ccccc1. The lowest BCUT2D eigenvalue weighted by atomic mass is 10.2. The Balaban J connectivity index is 1.25. The van der Waals surface area contributed by atoms with Crippen LogP contribution in [0.5, 0.6) is 5.75 Å². The molecule has 172 valence electrons. The highest BCUT2D eigenvalue weighted by atomic mass is 35.5. The second-order valence-corrected chi connectivity index (χ2v) is 8.98. The summed E-state index contributed by atoms with van der Waals surface area (Å²) in [6, 6.07) is 24.0. The minimum absolute atomic E-state index is 0.0472. The average molecular weight is 493 g/mol. The molecular weight excluding hydrogens is 472 g/mol. The van der Waals surface area contributed by atoms with Crippen LogP contribution in [0, 0.1) is 0 Å². The Morgan fingerprint density at radius 1 is 1.06 bits per heavy atom. The van der Waals surface area contributed by atoms with Crippen molar-refractivity contribution < 1.29 is 14.3 Å². The summed E-state index contributed by atoms with van der Waals surface area (Å²) >= 11 is 7.08. The van der Waals surface area contributed by atoms with E-state index in [1.807, 2.05) is 66.7 Å². The highest BCUT2D eigenvalue weighted by molar-refractivity contribution is 8.15. The summed E-state index contributed by atoms with van der Waals surface area (Å²) in [6.45, 7) is 0.444. The summed E-state index contributed by atoms with van der Waals surface area (Å²) < 4.78 is 5.77. The van der Waals surface area contributed by atoms with Gasteiger partial charge in [0.1, 0.15) is 17.6 Å². The van der Waals surface area contributed by atoms with Crippen LogP contribution >= 0.6 is 23.4 Å². The molecule has 4 rings (SSSR count). The molecule has 3 aromatic carbocycles. The summed E-state index contributed by atoms with van der Waals surface area (Å²) in [7, 11) is 0. The first-order valence-electron chi connectivity index (χ1n) is 10.5. The second kappa shape index (κ2) is 11.5. The summed E-state index contributed by atoms with van der Waals surface area (Å²) in [5, 5.41) is 14.0. The number of hydrogen-bond acceptors (Lipinski definition) is 6. The van der Waals surface area contributed by atoms with Crippen molar-refractivity contribution in [1.82, 2.24) is 5.32 Å². The Labute approximate surface area is 206 Å². The predicted molar refractivity (Wildman–Crippen MR) is 136 cm³/mol. The normalized spacial score (nSPS) is 16.6. The van der Waals surface area contributed by atoms with Crippen LogP contribution in [-0.2, 0) is 16.2 Å². The van der Waals surface area contributed by atoms with Crippen molar-refractivity contribution in [3.05, 3.63) is 95.0 Å². The molecule has 2 amide bonds. The number of nitrogens with one attached hydrogen (secondary N) is 2. The Morgan fingerprint density at radius 2 is 1.79 bits per heavy atom. The fraction of sp³-hybridized carbons (Fsp3) is 0.120. The fourth-order valence-electron chi connectivity index (χ4n) is 3.03. The van der Waals surface area contributed by atoms with Crippen molar-refractivity contribution in [2.24, 2.45) is 10.2 Å². The summed E-state index contributed by atoms with van der Waals surface area (Å²) in [5.41, 5.74) is 2.55. The van der Waals surface area contributed by atoms with E-state index in [9.17, 15) is 9.59 Å². The van der Waals surface area contributed by atoms with Crippen molar-refractivity contribution in [2.75, 3.05) is 5.32 Å². The molecule has 1 atom stereocenters. The van der Waals surface area contributed by atoms with Crippen molar-refractivity contribution >= 4 is 52.2 Å². The molecule has 1 aliphatic rings. The molecule has 3 aromatic rings. The quantitative estimate of drug-likeness (QED) is 0.346. The Morgan fingerprint density at radius 3 is 2.53 bits per heavy atom. The second-order valence-electron chi connectivity index (χ2n) is 7.35. The number of benzene rings is 3. The molecule has 0 bridgehead atoms. The van der Waals surface area contributed by atoms with Gasteiger partial charge in [0.25, 0.3) is 0 Å². The molecule has 9 heteroatoms. The van der Waals surface area contributed by atoms with Crippen LogP contribution in [0.4, 0.5) is 5.69 Å². The molecule has 7 nitrogen and oxygen atoms in total. The lowest BCUT2D eigenvalue weighted by Crippen LogP contribution is -2.28. The number of carbonyl (C=O) groups excluding carboxylic acids is 2. The van der Waals surface area contributed by atoms with E-state index in [0.717, 1.165) is 16.9 Å². The van der Waals surface area contributed by atoms with E-state index in [0.29, 0.717) is 22.5 Å². The zero-order valence-corrected chi connectivity index (χ0v) is 19.6. The highest BCUT2D eigenvalue weighted by Gasteiger charge is 2.32. The molecule has 2 N–H and O–H groups in total. The molecule has 0 spiro atoms. The lowest BCUT2D eigenvalue weighted by molar-refractivity contribution is -0.122.